The van der Waals surface area contributed by atoms with Crippen LogP contribution < -0.4 is 10.6 Å². The standard InChI is InChI=1S/C22H25FN2O6/c1-14(26)19(25-22(29)31-13-15-7-4-3-5-8-15)20(27)24-18(21(28)30-2)12-16-9-6-10-17(23)11-16/h3-11,14,18-19,26H,12-13H2,1-2H3,(H,24,27)(H,25,29)/t14-,18+,19+/m1/s1. The lowest BCUT2D eigenvalue weighted by molar-refractivity contribution is -0.145. The third kappa shape index (κ3) is 7.71. The minimum Gasteiger partial charge on any atom is -0.467 e. The van der Waals surface area contributed by atoms with Gasteiger partial charge in [0, 0.05) is 6.42 Å². The molecule has 2 aromatic carbocycles. The van der Waals surface area contributed by atoms with Crippen molar-refractivity contribution in [2.75, 3.05) is 7.11 Å². The van der Waals surface area contributed by atoms with Crippen LogP contribution in [0.25, 0.3) is 0 Å². The molecule has 0 aromatic heterocycles. The molecular formula is C22H25FN2O6. The quantitative estimate of drug-likeness (QED) is 0.520. The summed E-state index contributed by atoms with van der Waals surface area (Å²) in [5.74, 6) is -2.07. The van der Waals surface area contributed by atoms with Crippen molar-refractivity contribution >= 4 is 18.0 Å². The number of esters is 1. The summed E-state index contributed by atoms with van der Waals surface area (Å²) in [6.07, 6.45) is -2.23. The van der Waals surface area contributed by atoms with Crippen LogP contribution in [0.2, 0.25) is 0 Å². The Morgan fingerprint density at radius 2 is 1.71 bits per heavy atom. The van der Waals surface area contributed by atoms with Crippen LogP contribution in [-0.2, 0) is 32.1 Å². The zero-order chi connectivity index (χ0) is 22.8. The summed E-state index contributed by atoms with van der Waals surface area (Å²) in [6.45, 7) is 1.28. The van der Waals surface area contributed by atoms with Crippen LogP contribution in [0.5, 0.6) is 0 Å². The summed E-state index contributed by atoms with van der Waals surface area (Å²) in [5.41, 5.74) is 1.20. The minimum atomic E-state index is -1.39. The van der Waals surface area contributed by atoms with Gasteiger partial charge < -0.3 is 25.2 Å². The van der Waals surface area contributed by atoms with Crippen LogP contribution in [0.4, 0.5) is 9.18 Å². The minimum absolute atomic E-state index is 0.0226. The molecule has 0 aliphatic carbocycles. The fraction of sp³-hybridized carbons (Fsp3) is 0.318. The van der Waals surface area contributed by atoms with E-state index in [0.29, 0.717) is 5.56 Å². The molecule has 0 saturated carbocycles. The molecule has 8 nitrogen and oxygen atoms in total. The van der Waals surface area contributed by atoms with E-state index in [0.717, 1.165) is 12.7 Å². The topological polar surface area (TPSA) is 114 Å². The number of aliphatic hydroxyl groups excluding tert-OH is 1. The first-order chi connectivity index (χ1) is 14.8. The second-order valence-electron chi connectivity index (χ2n) is 6.84. The smallest absolute Gasteiger partial charge is 0.408 e. The Labute approximate surface area is 179 Å². The first kappa shape index (κ1) is 23.8. The molecule has 0 radical (unpaired) electrons. The maximum absolute atomic E-state index is 13.4. The van der Waals surface area contributed by atoms with E-state index in [1.165, 1.54) is 25.1 Å². The Balaban J connectivity index is 2.02. The van der Waals surface area contributed by atoms with E-state index >= 15 is 0 Å². The zero-order valence-corrected chi connectivity index (χ0v) is 17.2. The monoisotopic (exact) mass is 432 g/mol. The highest BCUT2D eigenvalue weighted by Gasteiger charge is 2.30. The predicted octanol–water partition coefficient (Wildman–Crippen LogP) is 1.70. The van der Waals surface area contributed by atoms with Crippen LogP contribution in [0.15, 0.2) is 54.6 Å². The van der Waals surface area contributed by atoms with Gasteiger partial charge in [-0.3, -0.25) is 4.79 Å². The summed E-state index contributed by atoms with van der Waals surface area (Å²) in [5, 5.41) is 14.7. The van der Waals surface area contributed by atoms with Crippen molar-refractivity contribution in [1.82, 2.24) is 10.6 Å². The number of benzene rings is 2. The number of aliphatic hydroxyl groups is 1. The second-order valence-corrected chi connectivity index (χ2v) is 6.84. The predicted molar refractivity (Wildman–Crippen MR) is 109 cm³/mol. The first-order valence-electron chi connectivity index (χ1n) is 9.58. The van der Waals surface area contributed by atoms with E-state index in [1.807, 2.05) is 6.07 Å². The van der Waals surface area contributed by atoms with Crippen LogP contribution >= 0.6 is 0 Å². The molecule has 31 heavy (non-hydrogen) atoms. The van der Waals surface area contributed by atoms with E-state index in [-0.39, 0.29) is 13.0 Å². The summed E-state index contributed by atoms with van der Waals surface area (Å²) in [7, 11) is 1.15. The largest absolute Gasteiger partial charge is 0.467 e. The summed E-state index contributed by atoms with van der Waals surface area (Å²) in [4.78, 5) is 36.8. The van der Waals surface area contributed by atoms with Gasteiger partial charge in [0.25, 0.3) is 0 Å². The molecule has 166 valence electrons. The lowest BCUT2D eigenvalue weighted by Gasteiger charge is -2.23. The van der Waals surface area contributed by atoms with Gasteiger partial charge in [-0.15, -0.1) is 0 Å². The van der Waals surface area contributed by atoms with Crippen molar-refractivity contribution in [3.05, 3.63) is 71.5 Å². The van der Waals surface area contributed by atoms with Crippen molar-refractivity contribution < 1.29 is 33.4 Å². The van der Waals surface area contributed by atoms with Crippen molar-refractivity contribution in [3.63, 3.8) is 0 Å². The number of nitrogens with one attached hydrogen (secondary N) is 2. The Morgan fingerprint density at radius 1 is 1.03 bits per heavy atom. The lowest BCUT2D eigenvalue weighted by Crippen LogP contribution is -2.56. The van der Waals surface area contributed by atoms with Gasteiger partial charge in [-0.05, 0) is 30.2 Å². The number of halogens is 1. The second kappa shape index (κ2) is 11.7. The molecule has 9 heteroatoms. The summed E-state index contributed by atoms with van der Waals surface area (Å²) in [6, 6.07) is 11.9. The number of rotatable bonds is 9. The number of alkyl carbamates (subject to hydrolysis) is 1. The van der Waals surface area contributed by atoms with Crippen molar-refractivity contribution in [2.45, 2.75) is 38.1 Å². The van der Waals surface area contributed by atoms with Gasteiger partial charge in [-0.1, -0.05) is 42.5 Å². The highest BCUT2D eigenvalue weighted by molar-refractivity contribution is 5.90. The summed E-state index contributed by atoms with van der Waals surface area (Å²) < 4.78 is 23.2. The maximum atomic E-state index is 13.4. The maximum Gasteiger partial charge on any atom is 0.408 e. The van der Waals surface area contributed by atoms with Gasteiger partial charge in [-0.2, -0.15) is 0 Å². The van der Waals surface area contributed by atoms with E-state index in [4.69, 9.17) is 9.47 Å². The SMILES string of the molecule is COC(=O)[C@H](Cc1cccc(F)c1)NC(=O)[C@@H](NC(=O)OCc1ccccc1)[C@@H](C)O. The van der Waals surface area contributed by atoms with Crippen LogP contribution in [-0.4, -0.2) is 48.4 Å². The van der Waals surface area contributed by atoms with E-state index in [9.17, 15) is 23.9 Å². The molecular weight excluding hydrogens is 407 g/mol. The fourth-order valence-corrected chi connectivity index (χ4v) is 2.79. The van der Waals surface area contributed by atoms with Crippen molar-refractivity contribution in [2.24, 2.45) is 0 Å². The number of carbonyl (C=O) groups is 3. The molecule has 3 N–H and O–H groups in total. The fourth-order valence-electron chi connectivity index (χ4n) is 2.79. The molecule has 0 aliphatic heterocycles. The molecule has 0 saturated heterocycles. The molecule has 0 bridgehead atoms. The molecule has 2 amide bonds. The highest BCUT2D eigenvalue weighted by atomic mass is 19.1. The zero-order valence-electron chi connectivity index (χ0n) is 17.2. The first-order valence-corrected chi connectivity index (χ1v) is 9.58. The summed E-state index contributed by atoms with van der Waals surface area (Å²) >= 11 is 0. The van der Waals surface area contributed by atoms with Gasteiger partial charge in [0.1, 0.15) is 24.5 Å². The Bertz CT molecular complexity index is 891. The molecule has 0 fully saturated rings. The van der Waals surface area contributed by atoms with E-state index in [1.54, 1.807) is 30.3 Å². The van der Waals surface area contributed by atoms with Gasteiger partial charge in [0.2, 0.25) is 5.91 Å². The molecule has 0 spiro atoms. The average Bonchev–Trinajstić information content (AvgIpc) is 2.75. The van der Waals surface area contributed by atoms with Gasteiger partial charge in [0.15, 0.2) is 0 Å². The number of hydrogen-bond acceptors (Lipinski definition) is 6. The van der Waals surface area contributed by atoms with E-state index in [2.05, 4.69) is 10.6 Å². The van der Waals surface area contributed by atoms with E-state index < -0.39 is 42.0 Å². The van der Waals surface area contributed by atoms with Crippen LogP contribution in [0, 0.1) is 5.82 Å². The molecule has 2 rings (SSSR count). The Morgan fingerprint density at radius 3 is 2.32 bits per heavy atom. The van der Waals surface area contributed by atoms with Crippen LogP contribution in [0.3, 0.4) is 0 Å². The van der Waals surface area contributed by atoms with Crippen molar-refractivity contribution in [1.29, 1.82) is 0 Å². The van der Waals surface area contributed by atoms with Crippen molar-refractivity contribution in [3.8, 4) is 0 Å². The number of hydrogen-bond donors (Lipinski definition) is 3. The number of amides is 2. The molecule has 0 aliphatic rings. The normalized spacial score (nSPS) is 13.4. The molecule has 2 aromatic rings. The Kier molecular flexibility index (Phi) is 8.95. The van der Waals surface area contributed by atoms with Gasteiger partial charge in [-0.25, -0.2) is 14.0 Å². The lowest BCUT2D eigenvalue weighted by atomic mass is 10.0. The molecule has 3 atom stereocenters. The average molecular weight is 432 g/mol. The number of methoxy groups -OCH3 is 1. The molecule has 0 heterocycles. The van der Waals surface area contributed by atoms with Crippen LogP contribution in [0.1, 0.15) is 18.1 Å². The number of carbonyl (C=O) groups excluding carboxylic acids is 3. The highest BCUT2D eigenvalue weighted by Crippen LogP contribution is 2.09. The Hall–Kier alpha value is -3.46. The third-order valence-corrected chi connectivity index (χ3v) is 4.38. The number of ether oxygens (including phenoxy) is 2. The van der Waals surface area contributed by atoms with Gasteiger partial charge in [0.05, 0.1) is 13.2 Å². The third-order valence-electron chi connectivity index (χ3n) is 4.38. The molecule has 0 unspecified atom stereocenters. The van der Waals surface area contributed by atoms with Gasteiger partial charge >= 0.3 is 12.1 Å².